The van der Waals surface area contributed by atoms with E-state index in [0.29, 0.717) is 39.0 Å². The first kappa shape index (κ1) is 18.2. The number of halogens is 3. The summed E-state index contributed by atoms with van der Waals surface area (Å²) in [6, 6.07) is 0. The van der Waals surface area contributed by atoms with Gasteiger partial charge in [-0.3, -0.25) is 9.59 Å². The molecule has 2 saturated heterocycles. The third-order valence-electron chi connectivity index (χ3n) is 5.80. The second-order valence-corrected chi connectivity index (χ2v) is 7.71. The molecule has 0 aromatic carbocycles. The number of carbonyl (C=O) groups excluding carboxylic acids is 2. The van der Waals surface area contributed by atoms with E-state index in [1.54, 1.807) is 4.90 Å². The van der Waals surface area contributed by atoms with Crippen molar-refractivity contribution in [2.45, 2.75) is 49.6 Å². The molecule has 1 aromatic rings. The van der Waals surface area contributed by atoms with Crippen LogP contribution in [-0.2, 0) is 19.7 Å². The number of nitrogens with zero attached hydrogens (tertiary/aromatic N) is 3. The molecule has 1 saturated carbocycles. The fourth-order valence-corrected chi connectivity index (χ4v) is 3.68. The molecular formula is C18H20F3N3O3. The highest BCUT2D eigenvalue weighted by Gasteiger charge is 2.66. The number of alkyl halides is 3. The third-order valence-corrected chi connectivity index (χ3v) is 5.80. The van der Waals surface area contributed by atoms with Crippen LogP contribution in [0.2, 0.25) is 0 Å². The van der Waals surface area contributed by atoms with E-state index in [0.717, 1.165) is 5.56 Å². The van der Waals surface area contributed by atoms with Gasteiger partial charge in [0, 0.05) is 43.7 Å². The van der Waals surface area contributed by atoms with Gasteiger partial charge in [-0.25, -0.2) is 9.97 Å². The van der Waals surface area contributed by atoms with Gasteiger partial charge in [0.25, 0.3) is 0 Å². The average molecular weight is 383 g/mol. The summed E-state index contributed by atoms with van der Waals surface area (Å²) in [4.78, 5) is 32.9. The van der Waals surface area contributed by atoms with E-state index in [9.17, 15) is 22.8 Å². The zero-order chi connectivity index (χ0) is 19.2. The summed E-state index contributed by atoms with van der Waals surface area (Å²) in [6.07, 6.45) is 0.0609. The van der Waals surface area contributed by atoms with Crippen molar-refractivity contribution in [3.05, 3.63) is 23.8 Å². The number of cyclic esters (lactones) is 1. The molecule has 9 heteroatoms. The standard InChI is InChI=1S/C18H20F3N3O3/c19-18(20,21)17(3-4-17)16-22-6-12(7-23-16)13-8-24(9-13)14(25)2-1-11-5-15(26)27-10-11/h6-7,11,13H,1-5,8-10H2/t11-/m0/s1. The summed E-state index contributed by atoms with van der Waals surface area (Å²) in [7, 11) is 0. The molecule has 6 nitrogen and oxygen atoms in total. The van der Waals surface area contributed by atoms with Crippen LogP contribution >= 0.6 is 0 Å². The van der Waals surface area contributed by atoms with Gasteiger partial charge in [0.2, 0.25) is 5.91 Å². The Morgan fingerprint density at radius 1 is 1.26 bits per heavy atom. The van der Waals surface area contributed by atoms with Crippen LogP contribution in [-0.4, -0.2) is 52.6 Å². The molecule has 0 bridgehead atoms. The van der Waals surface area contributed by atoms with Gasteiger partial charge < -0.3 is 9.64 Å². The molecule has 0 radical (unpaired) electrons. The molecule has 1 aliphatic carbocycles. The maximum atomic E-state index is 13.1. The van der Waals surface area contributed by atoms with Gasteiger partial charge in [-0.2, -0.15) is 13.2 Å². The van der Waals surface area contributed by atoms with Crippen molar-refractivity contribution in [2.75, 3.05) is 19.7 Å². The topological polar surface area (TPSA) is 72.4 Å². The van der Waals surface area contributed by atoms with Gasteiger partial charge in [-0.15, -0.1) is 0 Å². The number of hydrogen-bond donors (Lipinski definition) is 0. The van der Waals surface area contributed by atoms with Gasteiger partial charge in [-0.1, -0.05) is 0 Å². The Bertz CT molecular complexity index is 740. The minimum absolute atomic E-state index is 0.0251. The second-order valence-electron chi connectivity index (χ2n) is 7.71. The Hall–Kier alpha value is -2.19. The molecule has 0 N–H and O–H groups in total. The molecule has 27 heavy (non-hydrogen) atoms. The summed E-state index contributed by atoms with van der Waals surface area (Å²) in [5.41, 5.74) is -1.10. The second kappa shape index (κ2) is 6.45. The molecule has 146 valence electrons. The summed E-state index contributed by atoms with van der Waals surface area (Å²) in [5.74, 6) is -0.168. The molecule has 1 amide bonds. The maximum Gasteiger partial charge on any atom is 0.401 e. The van der Waals surface area contributed by atoms with Gasteiger partial charge >= 0.3 is 12.1 Å². The molecule has 4 rings (SSSR count). The highest BCUT2D eigenvalue weighted by atomic mass is 19.4. The number of amides is 1. The SMILES string of the molecule is O=C1C[C@H](CCC(=O)N2CC(c3cnc(C4(C(F)(F)F)CC4)nc3)C2)CO1. The summed E-state index contributed by atoms with van der Waals surface area (Å²) in [5, 5.41) is 0. The Labute approximate surface area is 154 Å². The molecule has 1 atom stereocenters. The normalized spacial score (nSPS) is 24.5. The van der Waals surface area contributed by atoms with E-state index < -0.39 is 11.6 Å². The van der Waals surface area contributed by atoms with E-state index in [1.165, 1.54) is 12.4 Å². The lowest BCUT2D eigenvalue weighted by atomic mass is 9.92. The fourth-order valence-electron chi connectivity index (χ4n) is 3.68. The predicted octanol–water partition coefficient (Wildman–Crippen LogP) is 2.34. The minimum atomic E-state index is -4.32. The summed E-state index contributed by atoms with van der Waals surface area (Å²) >= 11 is 0. The van der Waals surface area contributed by atoms with Crippen LogP contribution in [0.25, 0.3) is 0 Å². The van der Waals surface area contributed by atoms with Gasteiger partial charge in [0.1, 0.15) is 11.2 Å². The van der Waals surface area contributed by atoms with Crippen molar-refractivity contribution in [1.82, 2.24) is 14.9 Å². The Morgan fingerprint density at radius 2 is 1.93 bits per heavy atom. The fraction of sp³-hybridized carbons (Fsp3) is 0.667. The molecule has 0 spiro atoms. The van der Waals surface area contributed by atoms with E-state index in [4.69, 9.17) is 4.74 Å². The van der Waals surface area contributed by atoms with E-state index in [2.05, 4.69) is 9.97 Å². The maximum absolute atomic E-state index is 13.1. The number of likely N-dealkylation sites (tertiary alicyclic amines) is 1. The van der Waals surface area contributed by atoms with Crippen LogP contribution in [0.3, 0.4) is 0 Å². The lowest BCUT2D eigenvalue weighted by molar-refractivity contribution is -0.162. The van der Waals surface area contributed by atoms with E-state index in [1.807, 2.05) is 0 Å². The largest absolute Gasteiger partial charge is 0.465 e. The summed E-state index contributed by atoms with van der Waals surface area (Å²) < 4.78 is 44.2. The number of carbonyl (C=O) groups is 2. The number of rotatable bonds is 5. The lowest BCUT2D eigenvalue weighted by Gasteiger charge is -2.39. The molecular weight excluding hydrogens is 363 g/mol. The van der Waals surface area contributed by atoms with Crippen molar-refractivity contribution < 1.29 is 27.5 Å². The van der Waals surface area contributed by atoms with Crippen LogP contribution in [0.5, 0.6) is 0 Å². The molecule has 0 unspecified atom stereocenters. The van der Waals surface area contributed by atoms with Crippen molar-refractivity contribution in [3.8, 4) is 0 Å². The van der Waals surface area contributed by atoms with Crippen LogP contribution < -0.4 is 0 Å². The number of hydrogen-bond acceptors (Lipinski definition) is 5. The van der Waals surface area contributed by atoms with Crippen molar-refractivity contribution in [3.63, 3.8) is 0 Å². The van der Waals surface area contributed by atoms with Gasteiger partial charge in [0.05, 0.1) is 13.0 Å². The first-order valence-electron chi connectivity index (χ1n) is 9.11. The predicted molar refractivity (Wildman–Crippen MR) is 86.6 cm³/mol. The highest BCUT2D eigenvalue weighted by molar-refractivity contribution is 5.77. The molecule has 3 heterocycles. The molecule has 3 aliphatic rings. The van der Waals surface area contributed by atoms with Crippen LogP contribution in [0, 0.1) is 5.92 Å². The van der Waals surface area contributed by atoms with Crippen LogP contribution in [0.15, 0.2) is 12.4 Å². The van der Waals surface area contributed by atoms with Crippen LogP contribution in [0.4, 0.5) is 13.2 Å². The quantitative estimate of drug-likeness (QED) is 0.730. The minimum Gasteiger partial charge on any atom is -0.465 e. The molecule has 1 aromatic heterocycles. The third kappa shape index (κ3) is 3.39. The smallest absolute Gasteiger partial charge is 0.401 e. The van der Waals surface area contributed by atoms with Gasteiger partial charge in [-0.05, 0) is 24.8 Å². The lowest BCUT2D eigenvalue weighted by Crippen LogP contribution is -2.48. The molecule has 2 aliphatic heterocycles. The Balaban J connectivity index is 1.27. The monoisotopic (exact) mass is 383 g/mol. The van der Waals surface area contributed by atoms with Crippen LogP contribution in [0.1, 0.15) is 49.4 Å². The van der Waals surface area contributed by atoms with E-state index in [-0.39, 0.29) is 42.4 Å². The summed E-state index contributed by atoms with van der Waals surface area (Å²) in [6.45, 7) is 1.43. The number of esters is 1. The van der Waals surface area contributed by atoms with Gasteiger partial charge in [0.15, 0.2) is 0 Å². The van der Waals surface area contributed by atoms with Crippen molar-refractivity contribution in [2.24, 2.45) is 5.92 Å². The average Bonchev–Trinajstić information content (AvgIpc) is 3.30. The number of aromatic nitrogens is 2. The first-order valence-corrected chi connectivity index (χ1v) is 9.11. The van der Waals surface area contributed by atoms with E-state index >= 15 is 0 Å². The molecule has 3 fully saturated rings. The first-order chi connectivity index (χ1) is 12.8. The van der Waals surface area contributed by atoms with Crippen molar-refractivity contribution in [1.29, 1.82) is 0 Å². The zero-order valence-corrected chi connectivity index (χ0v) is 14.7. The highest BCUT2D eigenvalue weighted by Crippen LogP contribution is 2.57. The Kier molecular flexibility index (Phi) is 4.35. The number of ether oxygens (including phenoxy) is 1. The Morgan fingerprint density at radius 3 is 2.44 bits per heavy atom. The van der Waals surface area contributed by atoms with Crippen molar-refractivity contribution >= 4 is 11.9 Å². The zero-order valence-electron chi connectivity index (χ0n) is 14.7.